The van der Waals surface area contributed by atoms with Crippen LogP contribution in [0.5, 0.6) is 5.75 Å². The van der Waals surface area contributed by atoms with E-state index < -0.39 is 0 Å². The van der Waals surface area contributed by atoms with Crippen molar-refractivity contribution in [2.75, 3.05) is 25.5 Å². The van der Waals surface area contributed by atoms with Crippen LogP contribution in [0, 0.1) is 6.92 Å². The Hall–Kier alpha value is -2.34. The van der Waals surface area contributed by atoms with E-state index >= 15 is 0 Å². The normalized spacial score (nSPS) is 17.0. The molecule has 2 N–H and O–H groups in total. The second kappa shape index (κ2) is 8.36. The molecule has 6 heteroatoms. The minimum Gasteiger partial charge on any atom is -0.497 e. The molecule has 3 rings (SSSR count). The van der Waals surface area contributed by atoms with Gasteiger partial charge in [0.2, 0.25) is 5.91 Å². The summed E-state index contributed by atoms with van der Waals surface area (Å²) < 4.78 is 5.16. The molecule has 6 nitrogen and oxygen atoms in total. The molecule has 0 spiro atoms. The molecule has 1 amide bonds. The van der Waals surface area contributed by atoms with Crippen LogP contribution in [0.25, 0.3) is 0 Å². The average molecular weight is 356 g/mol. The molecule has 0 aliphatic carbocycles. The second-order valence-corrected chi connectivity index (χ2v) is 6.92. The van der Waals surface area contributed by atoms with Crippen LogP contribution in [-0.4, -0.2) is 47.2 Å². The summed E-state index contributed by atoms with van der Waals surface area (Å²) in [5.74, 6) is 1.36. The number of aromatic amines is 1. The molecule has 0 unspecified atom stereocenters. The predicted octanol–water partition coefficient (Wildman–Crippen LogP) is 3.32. The van der Waals surface area contributed by atoms with Crippen LogP contribution in [0.3, 0.4) is 0 Å². The maximum absolute atomic E-state index is 12.8. The van der Waals surface area contributed by atoms with Crippen molar-refractivity contribution in [3.05, 3.63) is 41.7 Å². The first kappa shape index (κ1) is 18.5. The van der Waals surface area contributed by atoms with Crippen molar-refractivity contribution in [2.45, 2.75) is 45.1 Å². The first-order valence-corrected chi connectivity index (χ1v) is 9.31. The van der Waals surface area contributed by atoms with E-state index in [9.17, 15) is 4.79 Å². The lowest BCUT2D eigenvalue weighted by Gasteiger charge is -2.36. The van der Waals surface area contributed by atoms with Crippen molar-refractivity contribution in [3.63, 3.8) is 0 Å². The molecule has 0 radical (unpaired) electrons. The number of hydrogen-bond donors (Lipinski definition) is 2. The third kappa shape index (κ3) is 4.07. The average Bonchev–Trinajstić information content (AvgIpc) is 3.09. The van der Waals surface area contributed by atoms with Crippen LogP contribution < -0.4 is 10.1 Å². The lowest BCUT2D eigenvalue weighted by Crippen LogP contribution is -2.47. The Labute approximate surface area is 154 Å². The van der Waals surface area contributed by atoms with Gasteiger partial charge in [-0.25, -0.2) is 0 Å². The molecule has 2 aromatic rings. The molecule has 1 aliphatic heterocycles. The van der Waals surface area contributed by atoms with Crippen LogP contribution in [0.2, 0.25) is 0 Å². The number of methoxy groups -OCH3 is 1. The zero-order valence-corrected chi connectivity index (χ0v) is 15.8. The number of anilines is 1. The summed E-state index contributed by atoms with van der Waals surface area (Å²) >= 11 is 0. The number of aromatic nitrogens is 2. The Morgan fingerprint density at radius 1 is 1.35 bits per heavy atom. The minimum absolute atomic E-state index is 0.0637. The van der Waals surface area contributed by atoms with Crippen molar-refractivity contribution in [2.24, 2.45) is 0 Å². The van der Waals surface area contributed by atoms with Crippen LogP contribution >= 0.6 is 0 Å². The van der Waals surface area contributed by atoms with E-state index in [0.29, 0.717) is 5.92 Å². The number of rotatable bonds is 6. The highest BCUT2D eigenvalue weighted by molar-refractivity contribution is 5.94. The zero-order chi connectivity index (χ0) is 18.5. The number of nitrogens with one attached hydrogen (secondary N) is 2. The van der Waals surface area contributed by atoms with Crippen LogP contribution in [-0.2, 0) is 4.79 Å². The lowest BCUT2D eigenvalue weighted by molar-refractivity contribution is -0.121. The van der Waals surface area contributed by atoms with Gasteiger partial charge in [-0.2, -0.15) is 5.10 Å². The number of benzene rings is 1. The fourth-order valence-electron chi connectivity index (χ4n) is 3.78. The van der Waals surface area contributed by atoms with Gasteiger partial charge in [-0.3, -0.25) is 14.8 Å². The molecule has 1 aromatic carbocycles. The Kier molecular flexibility index (Phi) is 5.93. The van der Waals surface area contributed by atoms with Gasteiger partial charge in [0.15, 0.2) is 0 Å². The molecule has 1 aliphatic rings. The summed E-state index contributed by atoms with van der Waals surface area (Å²) in [4.78, 5) is 15.1. The number of hydrogen-bond acceptors (Lipinski definition) is 4. The molecule has 1 fully saturated rings. The molecular formula is C20H28N4O2. The molecule has 2 heterocycles. The van der Waals surface area contributed by atoms with E-state index in [2.05, 4.69) is 34.3 Å². The van der Waals surface area contributed by atoms with Crippen molar-refractivity contribution < 1.29 is 9.53 Å². The highest BCUT2D eigenvalue weighted by Gasteiger charge is 2.30. The Morgan fingerprint density at radius 2 is 2.04 bits per heavy atom. The number of likely N-dealkylation sites (tertiary alicyclic amines) is 1. The Balaban J connectivity index is 1.58. The third-order valence-electron chi connectivity index (χ3n) is 5.29. The number of ether oxygens (including phenoxy) is 1. The van der Waals surface area contributed by atoms with Gasteiger partial charge in [-0.15, -0.1) is 0 Å². The van der Waals surface area contributed by atoms with Crippen molar-refractivity contribution >= 4 is 11.6 Å². The van der Waals surface area contributed by atoms with Gasteiger partial charge in [0.1, 0.15) is 5.75 Å². The second-order valence-electron chi connectivity index (χ2n) is 6.92. The summed E-state index contributed by atoms with van der Waals surface area (Å²) in [5, 5.41) is 10.3. The van der Waals surface area contributed by atoms with E-state index in [1.54, 1.807) is 7.11 Å². The minimum atomic E-state index is -0.0964. The molecule has 1 aromatic heterocycles. The number of aryl methyl sites for hydroxylation is 1. The highest BCUT2D eigenvalue weighted by atomic mass is 16.5. The topological polar surface area (TPSA) is 70.2 Å². The lowest BCUT2D eigenvalue weighted by atomic mass is 9.90. The monoisotopic (exact) mass is 356 g/mol. The van der Waals surface area contributed by atoms with E-state index in [4.69, 9.17) is 4.74 Å². The fourth-order valence-corrected chi connectivity index (χ4v) is 3.78. The van der Waals surface area contributed by atoms with Crippen LogP contribution in [0.4, 0.5) is 5.69 Å². The number of carbonyl (C=O) groups is 1. The number of nitrogens with zero attached hydrogens (tertiary/aromatic N) is 2. The molecule has 1 saturated heterocycles. The van der Waals surface area contributed by atoms with Crippen molar-refractivity contribution in [1.29, 1.82) is 0 Å². The number of carbonyl (C=O) groups excluding carboxylic acids is 1. The molecule has 1 atom stereocenters. The van der Waals surface area contributed by atoms with Crippen molar-refractivity contribution in [1.82, 2.24) is 15.1 Å². The predicted molar refractivity (Wildman–Crippen MR) is 103 cm³/mol. The fraction of sp³-hybridized carbons (Fsp3) is 0.500. The smallest absolute Gasteiger partial charge is 0.241 e. The van der Waals surface area contributed by atoms with Gasteiger partial charge in [0.25, 0.3) is 0 Å². The van der Waals surface area contributed by atoms with E-state index in [1.807, 2.05) is 30.5 Å². The molecular weight excluding hydrogens is 328 g/mol. The SMILES string of the molecule is CC[C@@H](C(=O)Nc1ccc(OC)cc1)N1CCC(c2[nH]ncc2C)CC1. The van der Waals surface area contributed by atoms with Gasteiger partial charge in [0.05, 0.1) is 19.3 Å². The first-order chi connectivity index (χ1) is 12.6. The third-order valence-corrected chi connectivity index (χ3v) is 5.29. The van der Waals surface area contributed by atoms with Gasteiger partial charge in [-0.1, -0.05) is 6.92 Å². The highest BCUT2D eigenvalue weighted by Crippen LogP contribution is 2.30. The summed E-state index contributed by atoms with van der Waals surface area (Å²) in [6.45, 7) is 6.03. The van der Waals surface area contributed by atoms with E-state index in [-0.39, 0.29) is 11.9 Å². The number of amides is 1. The standard InChI is InChI=1S/C20H28N4O2/c1-4-18(20(25)22-16-5-7-17(26-3)8-6-16)24-11-9-15(10-12-24)19-14(2)13-21-23-19/h5-8,13,15,18H,4,9-12H2,1-3H3,(H,21,23)(H,22,25)/t18-/m0/s1. The van der Waals surface area contributed by atoms with Gasteiger partial charge >= 0.3 is 0 Å². The quantitative estimate of drug-likeness (QED) is 0.833. The Morgan fingerprint density at radius 3 is 2.58 bits per heavy atom. The van der Waals surface area contributed by atoms with Gasteiger partial charge in [0, 0.05) is 17.3 Å². The van der Waals surface area contributed by atoms with Gasteiger partial charge < -0.3 is 10.1 Å². The summed E-state index contributed by atoms with van der Waals surface area (Å²) in [6, 6.07) is 7.36. The van der Waals surface area contributed by atoms with Crippen LogP contribution in [0.1, 0.15) is 43.4 Å². The first-order valence-electron chi connectivity index (χ1n) is 9.31. The zero-order valence-electron chi connectivity index (χ0n) is 15.8. The molecule has 26 heavy (non-hydrogen) atoms. The van der Waals surface area contributed by atoms with Crippen molar-refractivity contribution in [3.8, 4) is 5.75 Å². The maximum Gasteiger partial charge on any atom is 0.241 e. The van der Waals surface area contributed by atoms with Gasteiger partial charge in [-0.05, 0) is 69.1 Å². The summed E-state index contributed by atoms with van der Waals surface area (Å²) in [7, 11) is 1.63. The van der Waals surface area contributed by atoms with E-state index in [0.717, 1.165) is 43.8 Å². The number of H-pyrrole nitrogens is 1. The van der Waals surface area contributed by atoms with Crippen LogP contribution in [0.15, 0.2) is 30.5 Å². The summed E-state index contributed by atoms with van der Waals surface area (Å²) in [5.41, 5.74) is 3.28. The Bertz CT molecular complexity index is 718. The molecule has 0 saturated carbocycles. The maximum atomic E-state index is 12.8. The van der Waals surface area contributed by atoms with E-state index in [1.165, 1.54) is 11.3 Å². The molecule has 140 valence electrons. The molecule has 0 bridgehead atoms. The summed E-state index contributed by atoms with van der Waals surface area (Å²) in [6.07, 6.45) is 4.79. The number of piperidine rings is 1. The largest absolute Gasteiger partial charge is 0.497 e.